The van der Waals surface area contributed by atoms with Gasteiger partial charge in [-0.25, -0.2) is 4.39 Å². The lowest BCUT2D eigenvalue weighted by Crippen LogP contribution is -2.13. The van der Waals surface area contributed by atoms with Crippen LogP contribution in [-0.2, 0) is 0 Å². The van der Waals surface area contributed by atoms with E-state index in [9.17, 15) is 0 Å². The predicted molar refractivity (Wildman–Crippen MR) is 273 cm³/mol. The summed E-state index contributed by atoms with van der Waals surface area (Å²) >= 11 is 0. The standard InChI is InChI=1S/C62H41FN2/c63-57-41-50(44-14-5-1-6-15-44)40-56(45-16-7-2-8-17-45)62(57)64(51-19-9-3-10-20-51)53-34-32-48-38-43(28-31-49(48)39-53)25-24-42-26-29-46(30-27-42)54-36-37-59-61-55(54)35-33-47-18-13-23-58(60(47)61)65(59)52-21-11-4-12-22-52/h1-41H. The van der Waals surface area contributed by atoms with E-state index in [1.807, 2.05) is 83.8 Å². The second-order valence-electron chi connectivity index (χ2n) is 16.7. The lowest BCUT2D eigenvalue weighted by Gasteiger charge is -2.29. The highest BCUT2D eigenvalue weighted by atomic mass is 19.1. The van der Waals surface area contributed by atoms with E-state index in [2.05, 4.69) is 168 Å². The van der Waals surface area contributed by atoms with Crippen molar-refractivity contribution in [3.8, 4) is 39.1 Å². The zero-order chi connectivity index (χ0) is 43.3. The average molecular weight is 833 g/mol. The molecule has 0 bridgehead atoms. The summed E-state index contributed by atoms with van der Waals surface area (Å²) in [5.41, 5.74) is 14.1. The maximum Gasteiger partial charge on any atom is 0.148 e. The van der Waals surface area contributed by atoms with Gasteiger partial charge in [0.2, 0.25) is 0 Å². The molecule has 12 aromatic rings. The van der Waals surface area contributed by atoms with Crippen LogP contribution in [0.15, 0.2) is 237 Å². The number of halogens is 1. The molecular formula is C62H41FN2. The van der Waals surface area contributed by atoms with Gasteiger partial charge in [-0.1, -0.05) is 182 Å². The van der Waals surface area contributed by atoms with Gasteiger partial charge >= 0.3 is 0 Å². The summed E-state index contributed by atoms with van der Waals surface area (Å²) in [5, 5.41) is 7.32. The monoisotopic (exact) mass is 832 g/mol. The number of nitrogens with zero attached hydrogens (tertiary/aromatic N) is 2. The van der Waals surface area contributed by atoms with Crippen LogP contribution in [0.25, 0.3) is 94.6 Å². The third-order valence-corrected chi connectivity index (χ3v) is 12.8. The summed E-state index contributed by atoms with van der Waals surface area (Å²) in [4.78, 5) is 2.05. The summed E-state index contributed by atoms with van der Waals surface area (Å²) in [5.74, 6) is -0.291. The van der Waals surface area contributed by atoms with Gasteiger partial charge in [-0.05, 0) is 127 Å². The topological polar surface area (TPSA) is 8.17 Å². The van der Waals surface area contributed by atoms with Gasteiger partial charge in [-0.3, -0.25) is 0 Å². The molecule has 0 aliphatic heterocycles. The molecule has 12 rings (SSSR count). The largest absolute Gasteiger partial charge is 0.309 e. The molecule has 0 aliphatic rings. The van der Waals surface area contributed by atoms with Gasteiger partial charge in [0.15, 0.2) is 0 Å². The van der Waals surface area contributed by atoms with Gasteiger partial charge in [0, 0.05) is 33.4 Å². The molecule has 3 heteroatoms. The van der Waals surface area contributed by atoms with Crippen LogP contribution in [-0.4, -0.2) is 4.57 Å². The number of benzene rings is 11. The van der Waals surface area contributed by atoms with Crippen molar-refractivity contribution >= 4 is 72.6 Å². The molecule has 0 radical (unpaired) electrons. The maximum atomic E-state index is 16.9. The van der Waals surface area contributed by atoms with E-state index >= 15 is 4.39 Å². The fraction of sp³-hybridized carbons (Fsp3) is 0. The molecule has 1 heterocycles. The second-order valence-corrected chi connectivity index (χ2v) is 16.7. The van der Waals surface area contributed by atoms with Crippen LogP contribution in [0.4, 0.5) is 21.5 Å². The van der Waals surface area contributed by atoms with Crippen molar-refractivity contribution < 1.29 is 4.39 Å². The van der Waals surface area contributed by atoms with Gasteiger partial charge in [0.05, 0.1) is 16.7 Å². The highest BCUT2D eigenvalue weighted by Gasteiger charge is 2.23. The highest BCUT2D eigenvalue weighted by Crippen LogP contribution is 2.46. The molecule has 0 spiro atoms. The minimum Gasteiger partial charge on any atom is -0.309 e. The molecule has 0 N–H and O–H groups in total. The Morgan fingerprint density at radius 3 is 1.75 bits per heavy atom. The first-order valence-electron chi connectivity index (χ1n) is 22.1. The van der Waals surface area contributed by atoms with Gasteiger partial charge < -0.3 is 9.47 Å². The van der Waals surface area contributed by atoms with Crippen LogP contribution in [0.2, 0.25) is 0 Å². The van der Waals surface area contributed by atoms with E-state index in [0.717, 1.165) is 55.5 Å². The Bertz CT molecular complexity index is 3690. The fourth-order valence-electron chi connectivity index (χ4n) is 9.70. The Labute approximate surface area is 377 Å². The Morgan fingerprint density at radius 1 is 0.369 bits per heavy atom. The van der Waals surface area contributed by atoms with Crippen molar-refractivity contribution in [2.24, 2.45) is 0 Å². The number of para-hydroxylation sites is 2. The van der Waals surface area contributed by atoms with Gasteiger partial charge in [0.1, 0.15) is 5.82 Å². The van der Waals surface area contributed by atoms with Crippen molar-refractivity contribution in [3.63, 3.8) is 0 Å². The van der Waals surface area contributed by atoms with Crippen LogP contribution >= 0.6 is 0 Å². The first kappa shape index (κ1) is 38.2. The first-order valence-corrected chi connectivity index (χ1v) is 22.1. The van der Waals surface area contributed by atoms with E-state index in [4.69, 9.17) is 0 Å². The minimum absolute atomic E-state index is 0.291. The van der Waals surface area contributed by atoms with Crippen molar-refractivity contribution in [3.05, 3.63) is 254 Å². The van der Waals surface area contributed by atoms with Crippen molar-refractivity contribution in [1.82, 2.24) is 4.57 Å². The van der Waals surface area contributed by atoms with Crippen LogP contribution in [0.3, 0.4) is 0 Å². The summed E-state index contributed by atoms with van der Waals surface area (Å²) in [6.07, 6.45) is 4.35. The minimum atomic E-state index is -0.291. The maximum absolute atomic E-state index is 16.9. The highest BCUT2D eigenvalue weighted by molar-refractivity contribution is 6.26. The molecule has 0 atom stereocenters. The normalized spacial score (nSPS) is 11.7. The number of hydrogen-bond donors (Lipinski definition) is 0. The predicted octanol–water partition coefficient (Wildman–Crippen LogP) is 17.3. The molecule has 0 amide bonds. The molecule has 2 nitrogen and oxygen atoms in total. The smallest absolute Gasteiger partial charge is 0.148 e. The third kappa shape index (κ3) is 6.82. The van der Waals surface area contributed by atoms with Crippen molar-refractivity contribution in [2.75, 3.05) is 4.90 Å². The number of hydrogen-bond acceptors (Lipinski definition) is 1. The molecule has 11 aromatic carbocycles. The van der Waals surface area contributed by atoms with Crippen molar-refractivity contribution in [1.29, 1.82) is 0 Å². The van der Waals surface area contributed by atoms with E-state index in [1.165, 1.54) is 49.4 Å². The number of aromatic nitrogens is 1. The second kappa shape index (κ2) is 16.0. The Balaban J connectivity index is 0.863. The Kier molecular flexibility index (Phi) is 9.39. The number of anilines is 3. The zero-order valence-corrected chi connectivity index (χ0v) is 35.4. The van der Waals surface area contributed by atoms with Crippen LogP contribution < -0.4 is 4.90 Å². The summed E-state index contributed by atoms with van der Waals surface area (Å²) in [6, 6.07) is 82.1. The Hall–Kier alpha value is -8.53. The Morgan fingerprint density at radius 2 is 0.985 bits per heavy atom. The summed E-state index contributed by atoms with van der Waals surface area (Å²) < 4.78 is 19.3. The molecule has 0 unspecified atom stereocenters. The third-order valence-electron chi connectivity index (χ3n) is 12.8. The molecule has 0 fully saturated rings. The van der Waals surface area contributed by atoms with E-state index < -0.39 is 0 Å². The lowest BCUT2D eigenvalue weighted by molar-refractivity contribution is 0.630. The molecule has 0 saturated heterocycles. The van der Waals surface area contributed by atoms with E-state index in [0.29, 0.717) is 5.69 Å². The van der Waals surface area contributed by atoms with Crippen LogP contribution in [0.1, 0.15) is 11.1 Å². The van der Waals surface area contributed by atoms with E-state index in [-0.39, 0.29) is 5.82 Å². The lowest BCUT2D eigenvalue weighted by atomic mass is 9.94. The molecule has 65 heavy (non-hydrogen) atoms. The number of fused-ring (bicyclic) bond motifs is 1. The molecule has 306 valence electrons. The average Bonchev–Trinajstić information content (AvgIpc) is 3.72. The quantitative estimate of drug-likeness (QED) is 0.104. The number of rotatable bonds is 9. The van der Waals surface area contributed by atoms with Gasteiger partial charge in [-0.2, -0.15) is 0 Å². The molecular weight excluding hydrogens is 792 g/mol. The van der Waals surface area contributed by atoms with E-state index in [1.54, 1.807) is 6.07 Å². The van der Waals surface area contributed by atoms with Gasteiger partial charge in [0.25, 0.3) is 0 Å². The molecule has 1 aromatic heterocycles. The zero-order valence-electron chi connectivity index (χ0n) is 35.4. The van der Waals surface area contributed by atoms with Gasteiger partial charge in [-0.15, -0.1) is 0 Å². The first-order chi connectivity index (χ1) is 32.1. The fourth-order valence-corrected chi connectivity index (χ4v) is 9.70. The van der Waals surface area contributed by atoms with Crippen molar-refractivity contribution in [2.45, 2.75) is 0 Å². The van der Waals surface area contributed by atoms with Crippen LogP contribution in [0, 0.1) is 5.82 Å². The summed E-state index contributed by atoms with van der Waals surface area (Å²) in [6.45, 7) is 0. The SMILES string of the molecule is Fc1cc(-c2ccccc2)cc(-c2ccccc2)c1N(c1ccccc1)c1ccc2cc(C=Cc3ccc(-c4ccc5c6c4ccc4cccc(c46)n5-c4ccccc4)cc3)ccc2c1. The van der Waals surface area contributed by atoms with Crippen LogP contribution in [0.5, 0.6) is 0 Å². The molecule has 0 aliphatic carbocycles. The summed E-state index contributed by atoms with van der Waals surface area (Å²) in [7, 11) is 0. The molecule has 0 saturated carbocycles.